The van der Waals surface area contributed by atoms with Gasteiger partial charge in [0.2, 0.25) is 0 Å². The largest absolute Gasteiger partial charge is 0.472 e. The van der Waals surface area contributed by atoms with Crippen molar-refractivity contribution in [3.63, 3.8) is 0 Å². The Morgan fingerprint density at radius 2 is 1.18 bits per heavy atom. The lowest BCUT2D eigenvalue weighted by atomic mass is 10.1. The van der Waals surface area contributed by atoms with E-state index in [0.29, 0.717) is 6.42 Å². The number of phosphoric ester groups is 1. The highest BCUT2D eigenvalue weighted by Gasteiger charge is 2.25. The highest BCUT2D eigenvalue weighted by atomic mass is 31.2. The van der Waals surface area contributed by atoms with Crippen LogP contribution in [0.3, 0.4) is 0 Å². The number of unbranched alkanes of at least 4 members (excludes halogenated alkanes) is 16. The summed E-state index contributed by atoms with van der Waals surface area (Å²) in [4.78, 5) is 34.6. The Hall–Kier alpha value is -1.51. The van der Waals surface area contributed by atoms with Crippen molar-refractivity contribution in [2.75, 3.05) is 26.4 Å². The zero-order valence-corrected chi connectivity index (χ0v) is 29.5. The SMILES string of the molecule is CCCC/C=C\C/C=C\CCCCCCCC(=O)OC[C@H](COP(=O)(O)OCCN)OC(=O)CCCCCCCCCCCC. The van der Waals surface area contributed by atoms with Gasteiger partial charge in [0.25, 0.3) is 0 Å². The molecule has 10 heteroatoms. The van der Waals surface area contributed by atoms with Gasteiger partial charge in [-0.2, -0.15) is 0 Å². The van der Waals surface area contributed by atoms with E-state index in [1.165, 1.54) is 51.4 Å². The van der Waals surface area contributed by atoms with E-state index < -0.39 is 32.5 Å². The van der Waals surface area contributed by atoms with Gasteiger partial charge in [0.05, 0.1) is 13.2 Å². The second-order valence-electron chi connectivity index (χ2n) is 11.7. The van der Waals surface area contributed by atoms with Crippen LogP contribution in [0.5, 0.6) is 0 Å². The highest BCUT2D eigenvalue weighted by molar-refractivity contribution is 7.47. The van der Waals surface area contributed by atoms with Crippen LogP contribution in [0.25, 0.3) is 0 Å². The maximum Gasteiger partial charge on any atom is 0.472 e. The molecule has 0 aromatic carbocycles. The summed E-state index contributed by atoms with van der Waals surface area (Å²) in [6.45, 7) is 3.64. The van der Waals surface area contributed by atoms with E-state index in [1.54, 1.807) is 0 Å². The van der Waals surface area contributed by atoms with Gasteiger partial charge in [-0.3, -0.25) is 18.6 Å². The summed E-state index contributed by atoms with van der Waals surface area (Å²) in [7, 11) is -4.36. The van der Waals surface area contributed by atoms with Gasteiger partial charge >= 0.3 is 19.8 Å². The lowest BCUT2D eigenvalue weighted by molar-refractivity contribution is -0.161. The first kappa shape index (κ1) is 43.5. The van der Waals surface area contributed by atoms with E-state index >= 15 is 0 Å². The molecule has 0 fully saturated rings. The number of carbonyl (C=O) groups is 2. The first-order valence-electron chi connectivity index (χ1n) is 17.8. The van der Waals surface area contributed by atoms with Crippen molar-refractivity contribution >= 4 is 19.8 Å². The molecule has 0 amide bonds. The number of rotatable bonds is 33. The maximum atomic E-state index is 12.4. The minimum Gasteiger partial charge on any atom is -0.462 e. The summed E-state index contributed by atoms with van der Waals surface area (Å²) < 4.78 is 32.5. The van der Waals surface area contributed by atoms with Crippen LogP contribution < -0.4 is 5.73 Å². The van der Waals surface area contributed by atoms with E-state index in [9.17, 15) is 19.0 Å². The van der Waals surface area contributed by atoms with E-state index in [0.717, 1.165) is 70.6 Å². The van der Waals surface area contributed by atoms with Crippen LogP contribution in [-0.4, -0.2) is 49.3 Å². The number of carbonyl (C=O) groups excluding carboxylic acids is 2. The van der Waals surface area contributed by atoms with Crippen molar-refractivity contribution in [2.24, 2.45) is 5.73 Å². The second kappa shape index (κ2) is 32.4. The van der Waals surface area contributed by atoms with Gasteiger partial charge in [0, 0.05) is 19.4 Å². The molecule has 0 heterocycles. The van der Waals surface area contributed by atoms with Gasteiger partial charge < -0.3 is 20.1 Å². The van der Waals surface area contributed by atoms with Crippen LogP contribution in [0.15, 0.2) is 24.3 Å². The van der Waals surface area contributed by atoms with E-state index in [-0.39, 0.29) is 32.6 Å². The number of hydrogen-bond donors (Lipinski definition) is 2. The van der Waals surface area contributed by atoms with Gasteiger partial charge in [0.1, 0.15) is 6.61 Å². The Balaban J connectivity index is 4.27. The van der Waals surface area contributed by atoms with Gasteiger partial charge in [-0.25, -0.2) is 4.57 Å². The summed E-state index contributed by atoms with van der Waals surface area (Å²) in [6.07, 6.45) is 30.6. The van der Waals surface area contributed by atoms with Crippen LogP contribution in [0.2, 0.25) is 0 Å². The molecule has 45 heavy (non-hydrogen) atoms. The molecule has 0 saturated carbocycles. The zero-order chi connectivity index (χ0) is 33.3. The molecule has 1 unspecified atom stereocenters. The Morgan fingerprint density at radius 1 is 0.667 bits per heavy atom. The van der Waals surface area contributed by atoms with E-state index in [1.807, 2.05) is 0 Å². The smallest absolute Gasteiger partial charge is 0.462 e. The normalized spacial score (nSPS) is 13.8. The average molecular weight is 660 g/mol. The molecular formula is C35H66NO8P. The molecule has 0 radical (unpaired) electrons. The van der Waals surface area contributed by atoms with Crippen molar-refractivity contribution in [3.05, 3.63) is 24.3 Å². The van der Waals surface area contributed by atoms with Gasteiger partial charge in [-0.05, 0) is 38.5 Å². The fourth-order valence-corrected chi connectivity index (χ4v) is 5.41. The van der Waals surface area contributed by atoms with Crippen LogP contribution in [0, 0.1) is 0 Å². The Bertz CT molecular complexity index is 805. The van der Waals surface area contributed by atoms with Crippen molar-refractivity contribution in [3.8, 4) is 0 Å². The highest BCUT2D eigenvalue weighted by Crippen LogP contribution is 2.43. The molecule has 3 N–H and O–H groups in total. The molecule has 0 spiro atoms. The lowest BCUT2D eigenvalue weighted by Gasteiger charge is -2.19. The third-order valence-corrected chi connectivity index (χ3v) is 8.32. The summed E-state index contributed by atoms with van der Waals surface area (Å²) in [5.41, 5.74) is 5.32. The molecule has 9 nitrogen and oxygen atoms in total. The minimum absolute atomic E-state index is 0.0525. The van der Waals surface area contributed by atoms with Crippen molar-refractivity contribution < 1.29 is 37.6 Å². The molecule has 0 aromatic rings. The molecule has 0 aliphatic carbocycles. The summed E-state index contributed by atoms with van der Waals surface area (Å²) in [6, 6.07) is 0. The monoisotopic (exact) mass is 659 g/mol. The first-order chi connectivity index (χ1) is 21.8. The molecule has 0 aliphatic rings. The van der Waals surface area contributed by atoms with Crippen molar-refractivity contribution in [1.29, 1.82) is 0 Å². The summed E-state index contributed by atoms with van der Waals surface area (Å²) in [5, 5.41) is 0. The van der Waals surface area contributed by atoms with Crippen LogP contribution in [0.1, 0.15) is 155 Å². The quantitative estimate of drug-likeness (QED) is 0.0306. The predicted molar refractivity (Wildman–Crippen MR) is 183 cm³/mol. The molecule has 0 aliphatic heterocycles. The number of ether oxygens (including phenoxy) is 2. The minimum atomic E-state index is -4.36. The number of phosphoric acid groups is 1. The third-order valence-electron chi connectivity index (χ3n) is 7.34. The molecule has 0 bridgehead atoms. The molecule has 0 saturated heterocycles. The van der Waals surface area contributed by atoms with E-state index in [4.69, 9.17) is 24.3 Å². The number of hydrogen-bond acceptors (Lipinski definition) is 8. The fraction of sp³-hybridized carbons (Fsp3) is 0.829. The zero-order valence-electron chi connectivity index (χ0n) is 28.6. The standard InChI is InChI=1S/C35H66NO8P/c1-3-5-7-9-11-13-15-16-17-18-20-21-23-25-27-34(37)41-31-33(32-43-45(39,40)42-30-29-36)44-35(38)28-26-24-22-19-14-12-10-8-6-4-2/h9,11,15-16,33H,3-8,10,12-14,17-32,36H2,1-2H3,(H,39,40)/b11-9-,16-15-/t33-/m1/s1. The van der Waals surface area contributed by atoms with Crippen LogP contribution >= 0.6 is 7.82 Å². The predicted octanol–water partition coefficient (Wildman–Crippen LogP) is 9.27. The Kier molecular flexibility index (Phi) is 31.3. The number of nitrogens with two attached hydrogens (primary N) is 1. The fourth-order valence-electron chi connectivity index (χ4n) is 4.65. The van der Waals surface area contributed by atoms with Crippen molar-refractivity contribution in [1.82, 2.24) is 0 Å². The summed E-state index contributed by atoms with van der Waals surface area (Å²) in [5.74, 6) is -0.847. The molecule has 2 atom stereocenters. The topological polar surface area (TPSA) is 134 Å². The molecule has 0 aromatic heterocycles. The Morgan fingerprint density at radius 3 is 1.76 bits per heavy atom. The maximum absolute atomic E-state index is 12.4. The van der Waals surface area contributed by atoms with Crippen LogP contribution in [-0.2, 0) is 32.7 Å². The lowest BCUT2D eigenvalue weighted by Crippen LogP contribution is -2.29. The van der Waals surface area contributed by atoms with Crippen LogP contribution in [0.4, 0.5) is 0 Å². The number of allylic oxidation sites excluding steroid dienone is 4. The molecule has 264 valence electrons. The summed E-state index contributed by atoms with van der Waals surface area (Å²) >= 11 is 0. The first-order valence-corrected chi connectivity index (χ1v) is 19.3. The van der Waals surface area contributed by atoms with E-state index in [2.05, 4.69) is 38.2 Å². The Labute approximate surface area is 274 Å². The van der Waals surface area contributed by atoms with Gasteiger partial charge in [-0.1, -0.05) is 128 Å². The van der Waals surface area contributed by atoms with Gasteiger partial charge in [0.15, 0.2) is 6.10 Å². The molecule has 0 rings (SSSR count). The number of esters is 2. The molecular weight excluding hydrogens is 593 g/mol. The average Bonchev–Trinajstić information content (AvgIpc) is 3.02. The second-order valence-corrected chi connectivity index (χ2v) is 13.2. The van der Waals surface area contributed by atoms with Gasteiger partial charge in [-0.15, -0.1) is 0 Å². The van der Waals surface area contributed by atoms with Crippen molar-refractivity contribution in [2.45, 2.75) is 161 Å². The third kappa shape index (κ3) is 32.2.